The van der Waals surface area contributed by atoms with Crippen molar-refractivity contribution in [2.24, 2.45) is 0 Å². The van der Waals surface area contributed by atoms with Crippen molar-refractivity contribution in [1.82, 2.24) is 0 Å². The van der Waals surface area contributed by atoms with Crippen LogP contribution in [0.25, 0.3) is 11.6 Å². The van der Waals surface area contributed by atoms with E-state index in [1.807, 2.05) is 37.3 Å². The predicted octanol–water partition coefficient (Wildman–Crippen LogP) is 6.18. The predicted molar refractivity (Wildman–Crippen MR) is 116 cm³/mol. The molecule has 32 heavy (non-hydrogen) atoms. The first-order valence-electron chi connectivity index (χ1n) is 10.0. The summed E-state index contributed by atoms with van der Waals surface area (Å²) in [6.07, 6.45) is -2.86. The molecule has 3 aromatic rings. The molecule has 0 spiro atoms. The molecule has 4 nitrogen and oxygen atoms in total. The third-order valence-electron chi connectivity index (χ3n) is 4.95. The van der Waals surface area contributed by atoms with Gasteiger partial charge in [0.05, 0.1) is 12.2 Å². The van der Waals surface area contributed by atoms with E-state index in [0.29, 0.717) is 35.8 Å². The lowest BCUT2D eigenvalue weighted by Gasteiger charge is -2.13. The van der Waals surface area contributed by atoms with Crippen LogP contribution in [0, 0.1) is 0 Å². The van der Waals surface area contributed by atoms with E-state index in [1.165, 1.54) is 6.07 Å². The van der Waals surface area contributed by atoms with E-state index < -0.39 is 17.6 Å². The van der Waals surface area contributed by atoms with Crippen LogP contribution in [0.2, 0.25) is 0 Å². The summed E-state index contributed by atoms with van der Waals surface area (Å²) in [6, 6.07) is 18.2. The zero-order valence-corrected chi connectivity index (χ0v) is 17.2. The van der Waals surface area contributed by atoms with E-state index in [0.717, 1.165) is 17.7 Å². The van der Waals surface area contributed by atoms with Gasteiger partial charge in [0.1, 0.15) is 6.61 Å². The van der Waals surface area contributed by atoms with Crippen LogP contribution in [0.5, 0.6) is 11.5 Å². The Hall–Kier alpha value is -3.74. The van der Waals surface area contributed by atoms with Gasteiger partial charge in [0.15, 0.2) is 11.5 Å². The molecule has 7 heteroatoms. The van der Waals surface area contributed by atoms with E-state index in [2.05, 4.69) is 5.32 Å². The van der Waals surface area contributed by atoms with Crippen LogP contribution < -0.4 is 14.8 Å². The summed E-state index contributed by atoms with van der Waals surface area (Å²) in [5.41, 5.74) is 1.72. The van der Waals surface area contributed by atoms with Gasteiger partial charge in [0, 0.05) is 16.8 Å². The number of anilines is 1. The number of hydrogen-bond donors (Lipinski definition) is 1. The molecule has 0 radical (unpaired) electrons. The molecule has 0 saturated carbocycles. The highest BCUT2D eigenvalue weighted by atomic mass is 19.4. The summed E-state index contributed by atoms with van der Waals surface area (Å²) in [7, 11) is 0. The topological polar surface area (TPSA) is 47.6 Å². The highest BCUT2D eigenvalue weighted by molar-refractivity contribution is 6.34. The van der Waals surface area contributed by atoms with Gasteiger partial charge in [-0.15, -0.1) is 0 Å². The first kappa shape index (κ1) is 21.5. The third-order valence-corrected chi connectivity index (χ3v) is 4.95. The van der Waals surface area contributed by atoms with Crippen molar-refractivity contribution in [3.63, 3.8) is 0 Å². The Bertz CT molecular complexity index is 1170. The third kappa shape index (κ3) is 4.61. The molecule has 1 aliphatic rings. The Morgan fingerprint density at radius 1 is 0.938 bits per heavy atom. The van der Waals surface area contributed by atoms with Crippen LogP contribution in [-0.4, -0.2) is 12.5 Å². The van der Waals surface area contributed by atoms with E-state index in [-0.39, 0.29) is 11.3 Å². The van der Waals surface area contributed by atoms with E-state index in [4.69, 9.17) is 9.47 Å². The number of nitrogens with one attached hydrogen (secondary N) is 1. The zero-order chi connectivity index (χ0) is 22.7. The number of rotatable bonds is 6. The van der Waals surface area contributed by atoms with Crippen LogP contribution in [-0.2, 0) is 17.6 Å². The van der Waals surface area contributed by atoms with E-state index in [9.17, 15) is 18.0 Å². The van der Waals surface area contributed by atoms with Crippen LogP contribution in [0.4, 0.5) is 18.9 Å². The van der Waals surface area contributed by atoms with Crippen molar-refractivity contribution < 1.29 is 27.4 Å². The molecule has 0 saturated heterocycles. The first-order valence-corrected chi connectivity index (χ1v) is 10.0. The van der Waals surface area contributed by atoms with Crippen LogP contribution in [0.1, 0.15) is 29.2 Å². The number of fused-ring (bicyclic) bond motifs is 1. The Morgan fingerprint density at radius 2 is 1.72 bits per heavy atom. The lowest BCUT2D eigenvalue weighted by molar-refractivity contribution is -0.137. The lowest BCUT2D eigenvalue weighted by Crippen LogP contribution is -2.06. The van der Waals surface area contributed by atoms with Gasteiger partial charge >= 0.3 is 6.18 Å². The molecule has 164 valence electrons. The summed E-state index contributed by atoms with van der Waals surface area (Å²) < 4.78 is 50.5. The molecule has 4 rings (SSSR count). The molecule has 1 amide bonds. The number of benzene rings is 3. The van der Waals surface area contributed by atoms with Gasteiger partial charge in [-0.1, -0.05) is 42.5 Å². The Labute approximate surface area is 183 Å². The maximum Gasteiger partial charge on any atom is 0.416 e. The van der Waals surface area contributed by atoms with Gasteiger partial charge < -0.3 is 14.8 Å². The second-order valence-corrected chi connectivity index (χ2v) is 7.18. The molecule has 0 atom stereocenters. The zero-order valence-electron chi connectivity index (χ0n) is 17.2. The molecule has 0 unspecified atom stereocenters. The van der Waals surface area contributed by atoms with Crippen molar-refractivity contribution in [2.45, 2.75) is 19.7 Å². The minimum absolute atomic E-state index is 0.143. The van der Waals surface area contributed by atoms with Crippen molar-refractivity contribution in [3.05, 3.63) is 89.0 Å². The highest BCUT2D eigenvalue weighted by Gasteiger charge is 2.33. The van der Waals surface area contributed by atoms with E-state index in [1.54, 1.807) is 24.3 Å². The second kappa shape index (κ2) is 8.78. The number of carbonyl (C=O) groups excluding carboxylic acids is 1. The smallest absolute Gasteiger partial charge is 0.416 e. The molecular weight excluding hydrogens is 419 g/mol. The normalized spacial score (nSPS) is 14.2. The minimum atomic E-state index is -4.48. The van der Waals surface area contributed by atoms with Crippen molar-refractivity contribution in [2.75, 3.05) is 11.9 Å². The van der Waals surface area contributed by atoms with Crippen LogP contribution >= 0.6 is 0 Å². The molecule has 1 heterocycles. The lowest BCUT2D eigenvalue weighted by atomic mass is 10.0. The van der Waals surface area contributed by atoms with Gasteiger partial charge in [-0.3, -0.25) is 4.79 Å². The summed E-state index contributed by atoms with van der Waals surface area (Å²) in [4.78, 5) is 12.4. The molecular formula is C25H20F3NO3. The fourth-order valence-corrected chi connectivity index (χ4v) is 3.42. The molecule has 1 N–H and O–H groups in total. The Morgan fingerprint density at radius 3 is 2.44 bits per heavy atom. The average molecular weight is 439 g/mol. The summed E-state index contributed by atoms with van der Waals surface area (Å²) in [6.45, 7) is 2.65. The molecule has 0 aliphatic carbocycles. The molecule has 0 fully saturated rings. The van der Waals surface area contributed by atoms with Crippen LogP contribution in [0.3, 0.4) is 0 Å². The number of alkyl halides is 3. The number of ether oxygens (including phenoxy) is 2. The fraction of sp³-hybridized carbons (Fsp3) is 0.160. The standard InChI is InChI=1S/C25H20F3NO3/c1-2-31-23-13-17(8-11-22(23)32-15-16-6-4-3-5-7-16)12-20-19-10-9-18(25(26,27)28)14-21(19)29-24(20)30/h3-14H,2,15H2,1H3,(H,29,30)/b20-12-. The quantitative estimate of drug-likeness (QED) is 0.467. The first-order chi connectivity index (χ1) is 15.3. The van der Waals surface area contributed by atoms with Gasteiger partial charge in [-0.2, -0.15) is 13.2 Å². The van der Waals surface area contributed by atoms with Crippen molar-refractivity contribution >= 4 is 23.2 Å². The summed E-state index contributed by atoms with van der Waals surface area (Å²) in [5, 5.41) is 2.51. The van der Waals surface area contributed by atoms with Gasteiger partial charge in [0.2, 0.25) is 0 Å². The number of amides is 1. The second-order valence-electron chi connectivity index (χ2n) is 7.18. The van der Waals surface area contributed by atoms with Crippen LogP contribution in [0.15, 0.2) is 66.7 Å². The molecule has 3 aromatic carbocycles. The molecule has 0 aromatic heterocycles. The van der Waals surface area contributed by atoms with Gasteiger partial charge in [-0.25, -0.2) is 0 Å². The van der Waals surface area contributed by atoms with Crippen molar-refractivity contribution in [3.8, 4) is 11.5 Å². The monoisotopic (exact) mass is 439 g/mol. The largest absolute Gasteiger partial charge is 0.490 e. The van der Waals surface area contributed by atoms with E-state index >= 15 is 0 Å². The summed E-state index contributed by atoms with van der Waals surface area (Å²) in [5.74, 6) is 0.620. The Kier molecular flexibility index (Phi) is 5.90. The number of carbonyl (C=O) groups is 1. The SMILES string of the molecule is CCOc1cc(/C=C2\C(=O)Nc3cc(C(F)(F)F)ccc32)ccc1OCc1ccccc1. The maximum absolute atomic E-state index is 13.0. The van der Waals surface area contributed by atoms with Gasteiger partial charge in [-0.05, 0) is 48.4 Å². The Balaban J connectivity index is 1.61. The van der Waals surface area contributed by atoms with Gasteiger partial charge in [0.25, 0.3) is 5.91 Å². The highest BCUT2D eigenvalue weighted by Crippen LogP contribution is 2.39. The molecule has 1 aliphatic heterocycles. The fourth-order valence-electron chi connectivity index (χ4n) is 3.42. The number of halogens is 3. The number of hydrogen-bond acceptors (Lipinski definition) is 3. The average Bonchev–Trinajstić information content (AvgIpc) is 3.08. The van der Waals surface area contributed by atoms with Crippen molar-refractivity contribution in [1.29, 1.82) is 0 Å². The molecule has 0 bridgehead atoms. The minimum Gasteiger partial charge on any atom is -0.490 e. The maximum atomic E-state index is 13.0. The summed E-state index contributed by atoms with van der Waals surface area (Å²) >= 11 is 0.